The molecule has 4 aromatic rings. The Morgan fingerprint density at radius 2 is 1.92 bits per heavy atom. The number of rotatable bonds is 3. The Kier molecular flexibility index (Phi) is 3.88. The predicted octanol–water partition coefficient (Wildman–Crippen LogP) is 3.38. The smallest absolute Gasteiger partial charge is 0.275 e. The van der Waals surface area contributed by atoms with Crippen LogP contribution in [0, 0.1) is 6.92 Å². The van der Waals surface area contributed by atoms with Gasteiger partial charge < -0.3 is 9.64 Å². The standard InChI is InChI=1S/C19H18N4O2S/c1-11-9-14(22(2)3)15-16-17(26-18(15)21-11)19(24)23(10-20-16)12-5-7-13(25-4)8-6-12/h5-10H,1-4H3. The van der Waals surface area contributed by atoms with Gasteiger partial charge in [-0.2, -0.15) is 0 Å². The second kappa shape index (κ2) is 6.10. The first-order valence-electron chi connectivity index (χ1n) is 8.13. The summed E-state index contributed by atoms with van der Waals surface area (Å²) in [5, 5.41) is 0.930. The van der Waals surface area contributed by atoms with Crippen molar-refractivity contribution in [2.45, 2.75) is 6.92 Å². The molecule has 0 radical (unpaired) electrons. The molecule has 3 aromatic heterocycles. The lowest BCUT2D eigenvalue weighted by Gasteiger charge is -2.14. The van der Waals surface area contributed by atoms with Gasteiger partial charge >= 0.3 is 0 Å². The van der Waals surface area contributed by atoms with Crippen LogP contribution in [0.1, 0.15) is 5.69 Å². The van der Waals surface area contributed by atoms with E-state index in [2.05, 4.69) is 9.97 Å². The Morgan fingerprint density at radius 3 is 2.58 bits per heavy atom. The third kappa shape index (κ3) is 2.52. The van der Waals surface area contributed by atoms with E-state index in [1.54, 1.807) is 18.0 Å². The van der Waals surface area contributed by atoms with E-state index < -0.39 is 0 Å². The summed E-state index contributed by atoms with van der Waals surface area (Å²) >= 11 is 1.39. The molecule has 6 nitrogen and oxygen atoms in total. The van der Waals surface area contributed by atoms with Crippen LogP contribution in [0.25, 0.3) is 26.1 Å². The van der Waals surface area contributed by atoms with Crippen molar-refractivity contribution in [2.24, 2.45) is 0 Å². The second-order valence-electron chi connectivity index (χ2n) is 6.25. The molecule has 0 bridgehead atoms. The molecule has 7 heteroatoms. The first-order valence-corrected chi connectivity index (χ1v) is 8.94. The number of aryl methyl sites for hydroxylation is 1. The third-order valence-corrected chi connectivity index (χ3v) is 5.35. The number of hydrogen-bond donors (Lipinski definition) is 0. The van der Waals surface area contributed by atoms with Crippen LogP contribution in [0.4, 0.5) is 5.69 Å². The van der Waals surface area contributed by atoms with Crippen LogP contribution < -0.4 is 15.2 Å². The van der Waals surface area contributed by atoms with Crippen LogP contribution in [0.5, 0.6) is 5.75 Å². The number of anilines is 1. The summed E-state index contributed by atoms with van der Waals surface area (Å²) in [5.74, 6) is 0.744. The summed E-state index contributed by atoms with van der Waals surface area (Å²) in [4.78, 5) is 25.1. The monoisotopic (exact) mass is 366 g/mol. The molecule has 132 valence electrons. The van der Waals surface area contributed by atoms with Crippen molar-refractivity contribution in [3.05, 3.63) is 52.7 Å². The highest BCUT2D eigenvalue weighted by molar-refractivity contribution is 7.25. The van der Waals surface area contributed by atoms with E-state index in [9.17, 15) is 4.79 Å². The highest BCUT2D eigenvalue weighted by atomic mass is 32.1. The molecule has 0 saturated carbocycles. The van der Waals surface area contributed by atoms with Crippen molar-refractivity contribution < 1.29 is 4.74 Å². The van der Waals surface area contributed by atoms with Gasteiger partial charge in [0.15, 0.2) is 0 Å². The van der Waals surface area contributed by atoms with Crippen molar-refractivity contribution in [2.75, 3.05) is 26.1 Å². The SMILES string of the molecule is COc1ccc(-n2cnc3c(sc4nc(C)cc(N(C)C)c43)c2=O)cc1. The molecule has 1 aromatic carbocycles. The summed E-state index contributed by atoms with van der Waals surface area (Å²) in [7, 11) is 5.58. The van der Waals surface area contributed by atoms with Gasteiger partial charge in [-0.25, -0.2) is 9.97 Å². The molecular formula is C19H18N4O2S. The third-order valence-electron chi connectivity index (χ3n) is 4.29. The van der Waals surface area contributed by atoms with E-state index in [0.29, 0.717) is 10.2 Å². The molecular weight excluding hydrogens is 348 g/mol. The van der Waals surface area contributed by atoms with Crippen molar-refractivity contribution in [1.29, 1.82) is 0 Å². The zero-order valence-corrected chi connectivity index (χ0v) is 15.8. The molecule has 0 saturated heterocycles. The molecule has 0 spiro atoms. The van der Waals surface area contributed by atoms with Crippen LogP contribution in [-0.2, 0) is 0 Å². The van der Waals surface area contributed by atoms with E-state index in [0.717, 1.165) is 33.0 Å². The largest absolute Gasteiger partial charge is 0.497 e. The Morgan fingerprint density at radius 1 is 1.19 bits per heavy atom. The van der Waals surface area contributed by atoms with Gasteiger partial charge in [-0.3, -0.25) is 9.36 Å². The van der Waals surface area contributed by atoms with Gasteiger partial charge in [0.1, 0.15) is 27.1 Å². The highest BCUT2D eigenvalue weighted by Crippen LogP contribution is 2.36. The first kappa shape index (κ1) is 16.5. The fourth-order valence-electron chi connectivity index (χ4n) is 3.01. The summed E-state index contributed by atoms with van der Waals surface area (Å²) < 4.78 is 7.34. The van der Waals surface area contributed by atoms with Crippen LogP contribution in [0.3, 0.4) is 0 Å². The predicted molar refractivity (Wildman–Crippen MR) is 106 cm³/mol. The fourth-order valence-corrected chi connectivity index (χ4v) is 4.13. The summed E-state index contributed by atoms with van der Waals surface area (Å²) in [6.45, 7) is 1.96. The zero-order valence-electron chi connectivity index (χ0n) is 15.0. The minimum absolute atomic E-state index is 0.0921. The normalized spacial score (nSPS) is 11.2. The average molecular weight is 366 g/mol. The minimum Gasteiger partial charge on any atom is -0.497 e. The van der Waals surface area contributed by atoms with E-state index in [-0.39, 0.29) is 5.56 Å². The van der Waals surface area contributed by atoms with E-state index in [1.807, 2.05) is 56.3 Å². The molecule has 0 fully saturated rings. The maximum Gasteiger partial charge on any atom is 0.275 e. The molecule has 4 rings (SSSR count). The van der Waals surface area contributed by atoms with E-state index >= 15 is 0 Å². The quantitative estimate of drug-likeness (QED) is 0.556. The van der Waals surface area contributed by atoms with Gasteiger partial charge in [0, 0.05) is 19.8 Å². The number of methoxy groups -OCH3 is 1. The molecule has 0 atom stereocenters. The molecule has 0 unspecified atom stereocenters. The van der Waals surface area contributed by atoms with Gasteiger partial charge in [-0.1, -0.05) is 0 Å². The minimum atomic E-state index is -0.0921. The van der Waals surface area contributed by atoms with Crippen molar-refractivity contribution in [3.8, 4) is 11.4 Å². The molecule has 0 aliphatic rings. The highest BCUT2D eigenvalue weighted by Gasteiger charge is 2.17. The van der Waals surface area contributed by atoms with Crippen molar-refractivity contribution in [3.63, 3.8) is 0 Å². The van der Waals surface area contributed by atoms with Gasteiger partial charge in [-0.05, 0) is 37.3 Å². The first-order chi connectivity index (χ1) is 12.5. The summed E-state index contributed by atoms with van der Waals surface area (Å²) in [5.41, 5.74) is 3.30. The van der Waals surface area contributed by atoms with Gasteiger partial charge in [-0.15, -0.1) is 11.3 Å². The number of ether oxygens (including phenoxy) is 1. The molecule has 3 heterocycles. The topological polar surface area (TPSA) is 60.2 Å². The molecule has 0 N–H and O–H groups in total. The lowest BCUT2D eigenvalue weighted by molar-refractivity contribution is 0.414. The van der Waals surface area contributed by atoms with Crippen molar-refractivity contribution in [1.82, 2.24) is 14.5 Å². The maximum absolute atomic E-state index is 13.1. The molecule has 26 heavy (non-hydrogen) atoms. The van der Waals surface area contributed by atoms with E-state index in [1.165, 1.54) is 11.3 Å². The van der Waals surface area contributed by atoms with Crippen LogP contribution in [0.2, 0.25) is 0 Å². The van der Waals surface area contributed by atoms with Gasteiger partial charge in [0.25, 0.3) is 5.56 Å². The lowest BCUT2D eigenvalue weighted by atomic mass is 10.2. The lowest BCUT2D eigenvalue weighted by Crippen LogP contribution is -2.17. The van der Waals surface area contributed by atoms with Crippen molar-refractivity contribution >= 4 is 37.5 Å². The number of fused-ring (bicyclic) bond motifs is 3. The van der Waals surface area contributed by atoms with E-state index in [4.69, 9.17) is 4.74 Å². The van der Waals surface area contributed by atoms with Gasteiger partial charge in [0.05, 0.1) is 23.9 Å². The number of aromatic nitrogens is 3. The second-order valence-corrected chi connectivity index (χ2v) is 7.25. The zero-order chi connectivity index (χ0) is 18.4. The molecule has 0 amide bonds. The number of nitrogens with zero attached hydrogens (tertiary/aromatic N) is 4. The average Bonchev–Trinajstić information content (AvgIpc) is 3.00. The van der Waals surface area contributed by atoms with Crippen LogP contribution in [0.15, 0.2) is 41.5 Å². The fraction of sp³-hybridized carbons (Fsp3) is 0.211. The number of benzene rings is 1. The Hall–Kier alpha value is -2.93. The number of hydrogen-bond acceptors (Lipinski definition) is 6. The number of thiophene rings is 1. The van der Waals surface area contributed by atoms with Crippen LogP contribution in [-0.4, -0.2) is 35.7 Å². The number of pyridine rings is 1. The Balaban J connectivity index is 2.00. The molecule has 0 aliphatic heterocycles. The Bertz CT molecular complexity index is 1180. The summed E-state index contributed by atoms with van der Waals surface area (Å²) in [6.07, 6.45) is 1.58. The Labute approximate surface area is 154 Å². The molecule has 0 aliphatic carbocycles. The summed E-state index contributed by atoms with van der Waals surface area (Å²) in [6, 6.07) is 9.35. The van der Waals surface area contributed by atoms with Crippen LogP contribution >= 0.6 is 11.3 Å². The van der Waals surface area contributed by atoms with Gasteiger partial charge in [0.2, 0.25) is 0 Å². The maximum atomic E-state index is 13.1.